The number of hydrogen-bond acceptors (Lipinski definition) is 3. The maximum Gasteiger partial charge on any atom is 0.161 e. The molecule has 1 aromatic carbocycles. The number of nitrogens with two attached hydrogens (primary N) is 1. The maximum absolute atomic E-state index is 5.91. The van der Waals surface area contributed by atoms with Crippen LogP contribution in [0.2, 0.25) is 0 Å². The van der Waals surface area contributed by atoms with Crippen molar-refractivity contribution in [2.24, 2.45) is 5.73 Å². The molecule has 0 saturated carbocycles. The van der Waals surface area contributed by atoms with Crippen LogP contribution in [0.15, 0.2) is 40.9 Å². The Morgan fingerprint density at radius 2 is 2.07 bits per heavy atom. The number of aromatic nitrogens is 1. The zero-order chi connectivity index (χ0) is 10.7. The molecule has 2 aromatic rings. The van der Waals surface area contributed by atoms with Crippen molar-refractivity contribution in [3.8, 4) is 0 Å². The van der Waals surface area contributed by atoms with Crippen LogP contribution in [-0.2, 0) is 0 Å². The molecule has 0 amide bonds. The van der Waals surface area contributed by atoms with Crippen LogP contribution < -0.4 is 5.73 Å². The van der Waals surface area contributed by atoms with Gasteiger partial charge in [-0.25, -0.2) is 0 Å². The van der Waals surface area contributed by atoms with Crippen molar-refractivity contribution in [2.75, 3.05) is 0 Å². The van der Waals surface area contributed by atoms with Gasteiger partial charge in [0.2, 0.25) is 0 Å². The Balaban J connectivity index is 2.28. The minimum absolute atomic E-state index is 0.673. The quantitative estimate of drug-likeness (QED) is 0.810. The van der Waals surface area contributed by atoms with Crippen molar-refractivity contribution in [1.82, 2.24) is 5.16 Å². The molecule has 1 heterocycles. The fraction of sp³-hybridized carbons (Fsp3) is 0.0833. The molecule has 0 atom stereocenters. The van der Waals surface area contributed by atoms with E-state index in [1.54, 1.807) is 6.08 Å². The molecule has 76 valence electrons. The predicted octanol–water partition coefficient (Wildman–Crippen LogP) is 2.44. The lowest BCUT2D eigenvalue weighted by Crippen LogP contribution is -1.94. The maximum atomic E-state index is 5.91. The van der Waals surface area contributed by atoms with E-state index in [1.165, 1.54) is 0 Å². The molecular formula is C12H12N2O. The van der Waals surface area contributed by atoms with Gasteiger partial charge in [0.05, 0.1) is 5.69 Å². The van der Waals surface area contributed by atoms with E-state index in [9.17, 15) is 0 Å². The van der Waals surface area contributed by atoms with E-state index in [0.29, 0.717) is 11.5 Å². The van der Waals surface area contributed by atoms with Crippen molar-refractivity contribution in [3.05, 3.63) is 53.4 Å². The molecule has 0 bridgehead atoms. The second-order valence-electron chi connectivity index (χ2n) is 3.34. The standard InChI is InChI=1S/C12H12N2O/c1-9-7-11(15-14-9)8-12(13)10-5-3-2-4-6-10/h2-8H,13H2,1H3/b12-8+. The number of rotatable bonds is 2. The van der Waals surface area contributed by atoms with Gasteiger partial charge in [-0.1, -0.05) is 35.5 Å². The summed E-state index contributed by atoms with van der Waals surface area (Å²) in [7, 11) is 0. The Labute approximate surface area is 88.2 Å². The van der Waals surface area contributed by atoms with Gasteiger partial charge in [0.1, 0.15) is 0 Å². The molecule has 15 heavy (non-hydrogen) atoms. The summed E-state index contributed by atoms with van der Waals surface area (Å²) in [5.74, 6) is 0.675. The van der Waals surface area contributed by atoms with Gasteiger partial charge in [-0.05, 0) is 12.5 Å². The fourth-order valence-electron chi connectivity index (χ4n) is 1.32. The molecule has 0 unspecified atom stereocenters. The van der Waals surface area contributed by atoms with Gasteiger partial charge in [0.15, 0.2) is 5.76 Å². The van der Waals surface area contributed by atoms with Crippen molar-refractivity contribution in [2.45, 2.75) is 6.92 Å². The van der Waals surface area contributed by atoms with Crippen LogP contribution >= 0.6 is 0 Å². The van der Waals surface area contributed by atoms with Crippen molar-refractivity contribution in [1.29, 1.82) is 0 Å². The Kier molecular flexibility index (Phi) is 2.54. The lowest BCUT2D eigenvalue weighted by molar-refractivity contribution is 0.408. The first-order valence-corrected chi connectivity index (χ1v) is 4.71. The molecule has 0 fully saturated rings. The van der Waals surface area contributed by atoms with Crippen LogP contribution in [0, 0.1) is 6.92 Å². The average Bonchev–Trinajstić information content (AvgIpc) is 2.65. The summed E-state index contributed by atoms with van der Waals surface area (Å²) in [6.45, 7) is 1.87. The van der Waals surface area contributed by atoms with Gasteiger partial charge >= 0.3 is 0 Å². The first-order chi connectivity index (χ1) is 7.25. The zero-order valence-corrected chi connectivity index (χ0v) is 8.47. The third-order valence-corrected chi connectivity index (χ3v) is 2.05. The molecule has 2 N–H and O–H groups in total. The largest absolute Gasteiger partial charge is 0.398 e. The lowest BCUT2D eigenvalue weighted by Gasteiger charge is -1.98. The van der Waals surface area contributed by atoms with Gasteiger partial charge in [-0.3, -0.25) is 0 Å². The van der Waals surface area contributed by atoms with Crippen LogP contribution in [0.3, 0.4) is 0 Å². The highest BCUT2D eigenvalue weighted by Gasteiger charge is 1.99. The fourth-order valence-corrected chi connectivity index (χ4v) is 1.32. The predicted molar refractivity (Wildman–Crippen MR) is 59.7 cm³/mol. The zero-order valence-electron chi connectivity index (χ0n) is 8.47. The Hall–Kier alpha value is -2.03. The Morgan fingerprint density at radius 1 is 1.33 bits per heavy atom. The number of benzene rings is 1. The van der Waals surface area contributed by atoms with Gasteiger partial charge in [-0.15, -0.1) is 0 Å². The smallest absolute Gasteiger partial charge is 0.161 e. The van der Waals surface area contributed by atoms with Crippen LogP contribution in [0.1, 0.15) is 17.0 Å². The molecule has 0 aliphatic rings. The van der Waals surface area contributed by atoms with Crippen LogP contribution in [0.5, 0.6) is 0 Å². The van der Waals surface area contributed by atoms with Gasteiger partial charge in [-0.2, -0.15) is 0 Å². The molecule has 0 aliphatic carbocycles. The van der Waals surface area contributed by atoms with Crippen molar-refractivity contribution in [3.63, 3.8) is 0 Å². The summed E-state index contributed by atoms with van der Waals surface area (Å²) in [6.07, 6.45) is 1.77. The summed E-state index contributed by atoms with van der Waals surface area (Å²) < 4.78 is 5.05. The Morgan fingerprint density at radius 3 is 2.67 bits per heavy atom. The number of aryl methyl sites for hydroxylation is 1. The SMILES string of the molecule is Cc1cc(/C=C(/N)c2ccccc2)on1. The summed E-state index contributed by atoms with van der Waals surface area (Å²) >= 11 is 0. The topological polar surface area (TPSA) is 52.0 Å². The molecule has 2 rings (SSSR count). The van der Waals surface area contributed by atoms with E-state index < -0.39 is 0 Å². The molecule has 1 aromatic heterocycles. The van der Waals surface area contributed by atoms with Crippen LogP contribution in [-0.4, -0.2) is 5.16 Å². The van der Waals surface area contributed by atoms with Gasteiger partial charge in [0.25, 0.3) is 0 Å². The average molecular weight is 200 g/mol. The highest BCUT2D eigenvalue weighted by molar-refractivity contribution is 5.77. The lowest BCUT2D eigenvalue weighted by atomic mass is 10.1. The monoisotopic (exact) mass is 200 g/mol. The first kappa shape index (κ1) is 9.52. The molecule has 0 saturated heterocycles. The van der Waals surface area contributed by atoms with Gasteiger partial charge in [0, 0.05) is 17.8 Å². The summed E-state index contributed by atoms with van der Waals surface area (Å²) in [6, 6.07) is 11.6. The highest BCUT2D eigenvalue weighted by atomic mass is 16.5. The summed E-state index contributed by atoms with van der Waals surface area (Å²) in [5.41, 5.74) is 8.41. The minimum atomic E-state index is 0.673. The third-order valence-electron chi connectivity index (χ3n) is 2.05. The summed E-state index contributed by atoms with van der Waals surface area (Å²) in [5, 5.41) is 3.79. The summed E-state index contributed by atoms with van der Waals surface area (Å²) in [4.78, 5) is 0. The van der Waals surface area contributed by atoms with Crippen molar-refractivity contribution >= 4 is 11.8 Å². The van der Waals surface area contributed by atoms with Crippen LogP contribution in [0.4, 0.5) is 0 Å². The van der Waals surface area contributed by atoms with Gasteiger partial charge < -0.3 is 10.3 Å². The Bertz CT molecular complexity index is 471. The van der Waals surface area contributed by atoms with E-state index in [2.05, 4.69) is 5.16 Å². The van der Waals surface area contributed by atoms with Crippen molar-refractivity contribution < 1.29 is 4.52 Å². The highest BCUT2D eigenvalue weighted by Crippen LogP contribution is 2.13. The van der Waals surface area contributed by atoms with E-state index in [-0.39, 0.29) is 0 Å². The molecule has 3 nitrogen and oxygen atoms in total. The van der Waals surface area contributed by atoms with E-state index in [1.807, 2.05) is 43.3 Å². The van der Waals surface area contributed by atoms with E-state index in [4.69, 9.17) is 10.3 Å². The van der Waals surface area contributed by atoms with E-state index in [0.717, 1.165) is 11.3 Å². The minimum Gasteiger partial charge on any atom is -0.398 e. The number of hydrogen-bond donors (Lipinski definition) is 1. The normalized spacial score (nSPS) is 11.7. The molecule has 0 aliphatic heterocycles. The molecule has 0 radical (unpaired) electrons. The molecule has 0 spiro atoms. The first-order valence-electron chi connectivity index (χ1n) is 4.71. The van der Waals surface area contributed by atoms with E-state index >= 15 is 0 Å². The second kappa shape index (κ2) is 4.00. The number of nitrogens with zero attached hydrogens (tertiary/aromatic N) is 1. The third kappa shape index (κ3) is 2.26. The second-order valence-corrected chi connectivity index (χ2v) is 3.34. The molecular weight excluding hydrogens is 188 g/mol. The van der Waals surface area contributed by atoms with Crippen LogP contribution in [0.25, 0.3) is 11.8 Å². The molecule has 3 heteroatoms.